The molecular weight excluding hydrogens is 462 g/mol. The fourth-order valence-corrected chi connectivity index (χ4v) is 4.37. The maximum Gasteiger partial charge on any atom is 0.281 e. The molecule has 2 aromatic carbocycles. The number of aromatic nitrogens is 3. The van der Waals surface area contributed by atoms with E-state index < -0.39 is 11.8 Å². The number of thiazole rings is 1. The molecular formula is C23H24ClN5O3S. The van der Waals surface area contributed by atoms with Crippen LogP contribution in [-0.4, -0.2) is 37.9 Å². The SMILES string of the molecule is Cc1nc2ccc(Nc3nc(=O)c(C(O)NCCCO)cn3Cc3ccc(Cl)cc3)cc2s1. The highest BCUT2D eigenvalue weighted by atomic mass is 35.5. The lowest BCUT2D eigenvalue weighted by atomic mass is 10.2. The number of hydrogen-bond donors (Lipinski definition) is 4. The zero-order valence-corrected chi connectivity index (χ0v) is 19.5. The van der Waals surface area contributed by atoms with Gasteiger partial charge >= 0.3 is 0 Å². The molecule has 33 heavy (non-hydrogen) atoms. The number of nitrogens with zero attached hydrogens (tertiary/aromatic N) is 3. The number of halogens is 1. The first kappa shape index (κ1) is 23.3. The maximum atomic E-state index is 12.7. The van der Waals surface area contributed by atoms with Crippen LogP contribution >= 0.6 is 22.9 Å². The van der Waals surface area contributed by atoms with Crippen LogP contribution < -0.4 is 16.2 Å². The number of aliphatic hydroxyl groups excluding tert-OH is 2. The number of aryl methyl sites for hydroxylation is 1. The average Bonchev–Trinajstić information content (AvgIpc) is 3.16. The molecule has 0 saturated carbocycles. The third kappa shape index (κ3) is 5.76. The number of fused-ring (bicyclic) bond motifs is 1. The van der Waals surface area contributed by atoms with E-state index in [1.54, 1.807) is 34.2 Å². The Morgan fingerprint density at radius 1 is 1.18 bits per heavy atom. The standard InChI is InChI=1S/C23H24ClN5O3S/c1-14-26-19-8-7-17(11-20(19)33-14)27-23-28-22(32)18(21(31)25-9-2-10-30)13-29(23)12-15-3-5-16(24)6-4-15/h3-8,11,13,21,25,30-31H,2,9-10,12H2,1H3,(H,27,28,32). The van der Waals surface area contributed by atoms with E-state index in [9.17, 15) is 9.90 Å². The van der Waals surface area contributed by atoms with Crippen molar-refractivity contribution in [1.29, 1.82) is 0 Å². The Bertz CT molecular complexity index is 1310. The van der Waals surface area contributed by atoms with Crippen LogP contribution in [0.1, 0.15) is 28.8 Å². The van der Waals surface area contributed by atoms with Gasteiger partial charge in [0.15, 0.2) is 0 Å². The van der Waals surface area contributed by atoms with Gasteiger partial charge in [-0.3, -0.25) is 10.1 Å². The smallest absolute Gasteiger partial charge is 0.281 e. The fraction of sp³-hybridized carbons (Fsp3) is 0.261. The zero-order valence-electron chi connectivity index (χ0n) is 18.0. The first-order chi connectivity index (χ1) is 15.9. The van der Waals surface area contributed by atoms with E-state index in [1.807, 2.05) is 37.3 Å². The van der Waals surface area contributed by atoms with Gasteiger partial charge in [0.05, 0.1) is 27.3 Å². The Morgan fingerprint density at radius 3 is 2.73 bits per heavy atom. The molecule has 4 rings (SSSR count). The molecule has 8 nitrogen and oxygen atoms in total. The molecule has 4 aromatic rings. The number of benzene rings is 2. The number of nitrogens with one attached hydrogen (secondary N) is 2. The third-order valence-corrected chi connectivity index (χ3v) is 6.19. The van der Waals surface area contributed by atoms with Crippen LogP contribution in [0.2, 0.25) is 5.02 Å². The lowest BCUT2D eigenvalue weighted by Gasteiger charge is -2.18. The van der Waals surface area contributed by atoms with Gasteiger partial charge in [-0.1, -0.05) is 23.7 Å². The summed E-state index contributed by atoms with van der Waals surface area (Å²) in [7, 11) is 0. The Kier molecular flexibility index (Phi) is 7.36. The largest absolute Gasteiger partial charge is 0.396 e. The van der Waals surface area contributed by atoms with Crippen molar-refractivity contribution in [2.45, 2.75) is 26.1 Å². The monoisotopic (exact) mass is 485 g/mol. The highest BCUT2D eigenvalue weighted by Crippen LogP contribution is 2.26. The van der Waals surface area contributed by atoms with Crippen molar-refractivity contribution < 1.29 is 10.2 Å². The van der Waals surface area contributed by atoms with E-state index in [0.29, 0.717) is 30.5 Å². The van der Waals surface area contributed by atoms with Gasteiger partial charge in [-0.05, 0) is 55.8 Å². The lowest BCUT2D eigenvalue weighted by Crippen LogP contribution is -2.30. The van der Waals surface area contributed by atoms with Crippen molar-refractivity contribution in [2.24, 2.45) is 0 Å². The molecule has 1 unspecified atom stereocenters. The molecule has 2 heterocycles. The zero-order chi connectivity index (χ0) is 23.4. The van der Waals surface area contributed by atoms with Gasteiger partial charge in [0, 0.05) is 23.5 Å². The molecule has 2 aromatic heterocycles. The quantitative estimate of drug-likeness (QED) is 0.212. The summed E-state index contributed by atoms with van der Waals surface area (Å²) in [6.45, 7) is 2.72. The molecule has 0 amide bonds. The second kappa shape index (κ2) is 10.4. The molecule has 0 fully saturated rings. The number of aliphatic hydroxyl groups is 2. The summed E-state index contributed by atoms with van der Waals surface area (Å²) in [6.07, 6.45) is 0.861. The second-order valence-electron chi connectivity index (χ2n) is 7.55. The molecule has 0 bridgehead atoms. The van der Waals surface area contributed by atoms with Crippen molar-refractivity contribution >= 4 is 44.8 Å². The van der Waals surface area contributed by atoms with E-state index in [-0.39, 0.29) is 12.2 Å². The van der Waals surface area contributed by atoms with Crippen molar-refractivity contribution in [1.82, 2.24) is 19.9 Å². The summed E-state index contributed by atoms with van der Waals surface area (Å²) in [5, 5.41) is 27.1. The Hall–Kier alpha value is -2.82. The molecule has 1 atom stereocenters. The Morgan fingerprint density at radius 2 is 1.97 bits per heavy atom. The van der Waals surface area contributed by atoms with Crippen LogP contribution in [0.25, 0.3) is 10.2 Å². The fourth-order valence-electron chi connectivity index (χ4n) is 3.38. The Labute approximate surface area is 199 Å². The van der Waals surface area contributed by atoms with E-state index in [2.05, 4.69) is 20.6 Å². The molecule has 0 aliphatic heterocycles. The van der Waals surface area contributed by atoms with Gasteiger partial charge in [0.1, 0.15) is 6.23 Å². The Balaban J connectivity index is 1.69. The summed E-state index contributed by atoms with van der Waals surface area (Å²) in [5.41, 5.74) is 2.24. The average molecular weight is 486 g/mol. The van der Waals surface area contributed by atoms with Crippen molar-refractivity contribution in [3.63, 3.8) is 0 Å². The minimum Gasteiger partial charge on any atom is -0.396 e. The van der Waals surface area contributed by atoms with Crippen molar-refractivity contribution in [3.8, 4) is 0 Å². The third-order valence-electron chi connectivity index (χ3n) is 5.01. The van der Waals surface area contributed by atoms with Crippen LogP contribution in [0.4, 0.5) is 11.6 Å². The van der Waals surface area contributed by atoms with E-state index >= 15 is 0 Å². The molecule has 0 radical (unpaired) electrons. The van der Waals surface area contributed by atoms with E-state index in [0.717, 1.165) is 26.5 Å². The summed E-state index contributed by atoms with van der Waals surface area (Å²) >= 11 is 7.61. The second-order valence-corrected chi connectivity index (χ2v) is 9.22. The maximum absolute atomic E-state index is 12.7. The predicted octanol–water partition coefficient (Wildman–Crippen LogP) is 3.57. The summed E-state index contributed by atoms with van der Waals surface area (Å²) in [5.74, 6) is 0.349. The van der Waals surface area contributed by atoms with Crippen molar-refractivity contribution in [2.75, 3.05) is 18.5 Å². The topological polar surface area (TPSA) is 112 Å². The van der Waals surface area contributed by atoms with Crippen LogP contribution in [0.15, 0.2) is 53.5 Å². The summed E-state index contributed by atoms with van der Waals surface area (Å²) in [6, 6.07) is 13.2. The summed E-state index contributed by atoms with van der Waals surface area (Å²) < 4.78 is 2.81. The van der Waals surface area contributed by atoms with Gasteiger partial charge in [0.25, 0.3) is 5.56 Å². The van der Waals surface area contributed by atoms with Gasteiger partial charge in [0.2, 0.25) is 5.95 Å². The number of rotatable bonds is 9. The van der Waals surface area contributed by atoms with Gasteiger partial charge in [-0.15, -0.1) is 11.3 Å². The van der Waals surface area contributed by atoms with E-state index in [1.165, 1.54) is 0 Å². The highest BCUT2D eigenvalue weighted by Gasteiger charge is 2.16. The van der Waals surface area contributed by atoms with Crippen LogP contribution in [0.3, 0.4) is 0 Å². The minimum atomic E-state index is -1.20. The van der Waals surface area contributed by atoms with Gasteiger partial charge in [-0.25, -0.2) is 4.98 Å². The highest BCUT2D eigenvalue weighted by molar-refractivity contribution is 7.18. The summed E-state index contributed by atoms with van der Waals surface area (Å²) in [4.78, 5) is 21.4. The predicted molar refractivity (Wildman–Crippen MR) is 131 cm³/mol. The van der Waals surface area contributed by atoms with Gasteiger partial charge in [-0.2, -0.15) is 4.98 Å². The molecule has 0 aliphatic carbocycles. The first-order valence-electron chi connectivity index (χ1n) is 10.5. The van der Waals surface area contributed by atoms with Gasteiger partial charge < -0.3 is 20.1 Å². The molecule has 172 valence electrons. The number of anilines is 2. The lowest BCUT2D eigenvalue weighted by molar-refractivity contribution is 0.133. The normalized spacial score (nSPS) is 12.2. The van der Waals surface area contributed by atoms with Crippen LogP contribution in [0.5, 0.6) is 0 Å². The molecule has 0 saturated heterocycles. The molecule has 4 N–H and O–H groups in total. The first-order valence-corrected chi connectivity index (χ1v) is 11.6. The van der Waals surface area contributed by atoms with Crippen LogP contribution in [-0.2, 0) is 6.54 Å². The molecule has 0 spiro atoms. The van der Waals surface area contributed by atoms with E-state index in [4.69, 9.17) is 16.7 Å². The molecule has 0 aliphatic rings. The minimum absolute atomic E-state index is 0.00868. The molecule has 10 heteroatoms. The van der Waals surface area contributed by atoms with Crippen LogP contribution in [0, 0.1) is 6.92 Å². The number of hydrogen-bond acceptors (Lipinski definition) is 8. The van der Waals surface area contributed by atoms with Crippen molar-refractivity contribution in [3.05, 3.63) is 80.2 Å².